The maximum absolute atomic E-state index is 12.2. The van der Waals surface area contributed by atoms with Gasteiger partial charge in [-0.15, -0.1) is 0 Å². The molecule has 0 aliphatic heterocycles. The van der Waals surface area contributed by atoms with E-state index in [2.05, 4.69) is 34.6 Å². The van der Waals surface area contributed by atoms with E-state index >= 15 is 0 Å². The molecule has 0 bridgehead atoms. The molecule has 0 amide bonds. The van der Waals surface area contributed by atoms with E-state index in [1.165, 1.54) is 116 Å². The van der Waals surface area contributed by atoms with Crippen molar-refractivity contribution in [3.63, 3.8) is 0 Å². The van der Waals surface area contributed by atoms with Crippen molar-refractivity contribution in [2.24, 2.45) is 11.8 Å². The summed E-state index contributed by atoms with van der Waals surface area (Å²) in [4.78, 5) is 30.7. The van der Waals surface area contributed by atoms with Gasteiger partial charge >= 0.3 is 11.9 Å². The second kappa shape index (κ2) is 35.7. The molecule has 0 aromatic heterocycles. The zero-order valence-electron chi connectivity index (χ0n) is 33.1. The molecule has 0 N–H and O–H groups in total. The lowest BCUT2D eigenvalue weighted by Crippen LogP contribution is -2.26. The van der Waals surface area contributed by atoms with E-state index in [0.717, 1.165) is 57.9 Å². The molecule has 48 heavy (non-hydrogen) atoms. The lowest BCUT2D eigenvalue weighted by atomic mass is 9.93. The highest BCUT2D eigenvalue weighted by Gasteiger charge is 2.14. The molecule has 0 spiro atoms. The topological polar surface area (TPSA) is 65.1 Å². The van der Waals surface area contributed by atoms with Crippen LogP contribution in [0, 0.1) is 11.8 Å². The predicted octanol–water partition coefficient (Wildman–Crippen LogP) is 12.6. The van der Waals surface area contributed by atoms with Crippen molar-refractivity contribution in [3.05, 3.63) is 0 Å². The molecule has 0 aromatic rings. The largest absolute Gasteiger partial charge is 0.466 e. The number of hydroxylamine groups is 2. The summed E-state index contributed by atoms with van der Waals surface area (Å²) in [6, 6.07) is 0. The standard InChI is InChI=1S/C42H83NO5/c1-7-12-26-38(27-13-8-2)34-36-46-41(44)32-24-20-16-18-22-30-40(48-43(6)11-5)31-23-19-17-21-25-33-42(45)47-37-35-39(28-14-9-3)29-15-10-4/h38-40H,7-37H2,1-6H3. The molecule has 0 aliphatic rings. The summed E-state index contributed by atoms with van der Waals surface area (Å²) in [6.45, 7) is 13.2. The number of unbranched alkanes of at least 4 members (excludes halogenated alkanes) is 12. The van der Waals surface area contributed by atoms with Crippen LogP contribution in [0.15, 0.2) is 0 Å². The van der Waals surface area contributed by atoms with Crippen LogP contribution in [-0.4, -0.2) is 49.9 Å². The van der Waals surface area contributed by atoms with Crippen molar-refractivity contribution in [3.8, 4) is 0 Å². The zero-order valence-corrected chi connectivity index (χ0v) is 33.1. The van der Waals surface area contributed by atoms with Crippen molar-refractivity contribution in [2.75, 3.05) is 26.8 Å². The van der Waals surface area contributed by atoms with E-state index in [1.54, 1.807) is 0 Å². The van der Waals surface area contributed by atoms with Gasteiger partial charge in [0.1, 0.15) is 0 Å². The van der Waals surface area contributed by atoms with Gasteiger partial charge in [-0.3, -0.25) is 14.4 Å². The summed E-state index contributed by atoms with van der Waals surface area (Å²) in [5, 5.41) is 1.97. The van der Waals surface area contributed by atoms with Crippen LogP contribution in [0.3, 0.4) is 0 Å². The fourth-order valence-electron chi connectivity index (χ4n) is 6.58. The second-order valence-corrected chi connectivity index (χ2v) is 14.6. The Labute approximate surface area is 299 Å². The van der Waals surface area contributed by atoms with Gasteiger partial charge in [0.2, 0.25) is 0 Å². The highest BCUT2D eigenvalue weighted by molar-refractivity contribution is 5.69. The smallest absolute Gasteiger partial charge is 0.305 e. The van der Waals surface area contributed by atoms with Crippen LogP contribution in [-0.2, 0) is 23.9 Å². The van der Waals surface area contributed by atoms with Gasteiger partial charge in [-0.25, -0.2) is 0 Å². The quantitative estimate of drug-likeness (QED) is 0.0369. The van der Waals surface area contributed by atoms with Crippen LogP contribution in [0.5, 0.6) is 0 Å². The van der Waals surface area contributed by atoms with Gasteiger partial charge in [-0.1, -0.05) is 163 Å². The molecule has 0 rings (SSSR count). The first-order valence-electron chi connectivity index (χ1n) is 21.1. The Kier molecular flexibility index (Phi) is 34.8. The average Bonchev–Trinajstić information content (AvgIpc) is 3.08. The number of hydrogen-bond donors (Lipinski definition) is 0. The molecule has 286 valence electrons. The molecular formula is C42H83NO5. The second-order valence-electron chi connectivity index (χ2n) is 14.6. The Bertz CT molecular complexity index is 634. The molecule has 0 atom stereocenters. The van der Waals surface area contributed by atoms with Crippen LogP contribution in [0.4, 0.5) is 0 Å². The van der Waals surface area contributed by atoms with Crippen molar-refractivity contribution in [1.29, 1.82) is 0 Å². The predicted molar refractivity (Wildman–Crippen MR) is 204 cm³/mol. The maximum atomic E-state index is 12.2. The normalized spacial score (nSPS) is 11.8. The van der Waals surface area contributed by atoms with Crippen molar-refractivity contribution in [2.45, 2.75) is 221 Å². The Balaban J connectivity index is 4.01. The molecule has 0 saturated heterocycles. The Morgan fingerprint density at radius 2 is 0.812 bits per heavy atom. The number of nitrogens with zero attached hydrogens (tertiary/aromatic N) is 1. The van der Waals surface area contributed by atoms with Crippen molar-refractivity contribution < 1.29 is 23.9 Å². The molecule has 0 aliphatic carbocycles. The first kappa shape index (κ1) is 46.9. The number of rotatable bonds is 37. The van der Waals surface area contributed by atoms with E-state index in [4.69, 9.17) is 14.3 Å². The summed E-state index contributed by atoms with van der Waals surface area (Å²) in [5.41, 5.74) is 0. The summed E-state index contributed by atoms with van der Waals surface area (Å²) in [6.07, 6.45) is 31.9. The molecular weight excluding hydrogens is 598 g/mol. The molecule has 0 fully saturated rings. The Morgan fingerprint density at radius 1 is 0.458 bits per heavy atom. The van der Waals surface area contributed by atoms with Crippen molar-refractivity contribution >= 4 is 11.9 Å². The molecule has 0 saturated carbocycles. The van der Waals surface area contributed by atoms with Crippen LogP contribution in [0.25, 0.3) is 0 Å². The lowest BCUT2D eigenvalue weighted by molar-refractivity contribution is -0.183. The summed E-state index contributed by atoms with van der Waals surface area (Å²) < 4.78 is 11.2. The van der Waals surface area contributed by atoms with E-state index in [0.29, 0.717) is 37.9 Å². The molecule has 0 aromatic carbocycles. The minimum atomic E-state index is -0.0141. The number of carbonyl (C=O) groups excluding carboxylic acids is 2. The van der Waals surface area contributed by atoms with Gasteiger partial charge in [-0.2, -0.15) is 5.06 Å². The lowest BCUT2D eigenvalue weighted by Gasteiger charge is -2.23. The van der Waals surface area contributed by atoms with Crippen molar-refractivity contribution in [1.82, 2.24) is 5.06 Å². The third-order valence-corrected chi connectivity index (χ3v) is 10.0. The van der Waals surface area contributed by atoms with Gasteiger partial charge in [-0.05, 0) is 50.4 Å². The van der Waals surface area contributed by atoms with Gasteiger partial charge in [0.25, 0.3) is 0 Å². The van der Waals surface area contributed by atoms with E-state index in [-0.39, 0.29) is 18.0 Å². The Morgan fingerprint density at radius 3 is 1.17 bits per heavy atom. The van der Waals surface area contributed by atoms with Crippen LogP contribution in [0.2, 0.25) is 0 Å². The Hall–Kier alpha value is -1.14. The van der Waals surface area contributed by atoms with E-state index < -0.39 is 0 Å². The summed E-state index contributed by atoms with van der Waals surface area (Å²) >= 11 is 0. The van der Waals surface area contributed by atoms with Crippen LogP contribution < -0.4 is 0 Å². The number of hydrogen-bond acceptors (Lipinski definition) is 6. The van der Waals surface area contributed by atoms with Gasteiger partial charge in [0.05, 0.1) is 19.3 Å². The average molecular weight is 682 g/mol. The highest BCUT2D eigenvalue weighted by atomic mass is 16.7. The first-order chi connectivity index (χ1) is 23.4. The minimum absolute atomic E-state index is 0.0141. The summed E-state index contributed by atoms with van der Waals surface area (Å²) in [5.74, 6) is 1.39. The van der Waals surface area contributed by atoms with Gasteiger partial charge in [0, 0.05) is 26.4 Å². The monoisotopic (exact) mass is 682 g/mol. The van der Waals surface area contributed by atoms with E-state index in [1.807, 2.05) is 12.1 Å². The molecule has 6 heteroatoms. The summed E-state index contributed by atoms with van der Waals surface area (Å²) in [7, 11) is 2.03. The number of ether oxygens (including phenoxy) is 2. The van der Waals surface area contributed by atoms with E-state index in [9.17, 15) is 9.59 Å². The third kappa shape index (κ3) is 30.9. The van der Waals surface area contributed by atoms with Crippen LogP contribution >= 0.6 is 0 Å². The molecule has 6 nitrogen and oxygen atoms in total. The van der Waals surface area contributed by atoms with Gasteiger partial charge < -0.3 is 9.47 Å². The SMILES string of the molecule is CCCCC(CCCC)CCOC(=O)CCCCCCCC(CCCCCCCC(=O)OCCC(CCCC)CCCC)ON(C)CC. The number of esters is 2. The zero-order chi connectivity index (χ0) is 35.5. The first-order valence-corrected chi connectivity index (χ1v) is 21.1. The fraction of sp³-hybridized carbons (Fsp3) is 0.952. The highest BCUT2D eigenvalue weighted by Crippen LogP contribution is 2.22. The number of carbonyl (C=O) groups is 2. The fourth-order valence-corrected chi connectivity index (χ4v) is 6.58. The minimum Gasteiger partial charge on any atom is -0.466 e. The molecule has 0 unspecified atom stereocenters. The van der Waals surface area contributed by atoms with Gasteiger partial charge in [0.15, 0.2) is 0 Å². The molecule has 0 heterocycles. The van der Waals surface area contributed by atoms with Crippen LogP contribution in [0.1, 0.15) is 214 Å². The maximum Gasteiger partial charge on any atom is 0.305 e. The third-order valence-electron chi connectivity index (χ3n) is 10.0. The molecule has 0 radical (unpaired) electrons.